The number of rotatable bonds is 5. The number of aliphatic hydroxyl groups excluding tert-OH is 1. The number of aliphatic hydroxyl groups is 1. The molecule has 0 aliphatic heterocycles. The van der Waals surface area contributed by atoms with Gasteiger partial charge in [0.25, 0.3) is 0 Å². The minimum atomic E-state index is -1.01. The minimum Gasteiger partial charge on any atom is -0.482 e. The first kappa shape index (κ1) is 17.7. The second-order valence-corrected chi connectivity index (χ2v) is 3.82. The van der Waals surface area contributed by atoms with Crippen molar-refractivity contribution in [1.82, 2.24) is 0 Å². The minimum absolute atomic E-state index is 0.0286. The molecule has 0 saturated carbocycles. The van der Waals surface area contributed by atoms with Gasteiger partial charge >= 0.3 is 5.97 Å². The van der Waals surface area contributed by atoms with E-state index in [0.29, 0.717) is 11.3 Å². The van der Waals surface area contributed by atoms with Gasteiger partial charge < -0.3 is 20.7 Å². The van der Waals surface area contributed by atoms with Gasteiger partial charge in [-0.3, -0.25) is 4.79 Å². The fourth-order valence-electron chi connectivity index (χ4n) is 0.978. The third-order valence-corrected chi connectivity index (χ3v) is 2.29. The van der Waals surface area contributed by atoms with Gasteiger partial charge in [0, 0.05) is 5.57 Å². The maximum atomic E-state index is 10.1. The Hall–Kier alpha value is -2.34. The summed E-state index contributed by atoms with van der Waals surface area (Å²) < 4.78 is 4.89. The van der Waals surface area contributed by atoms with Crippen LogP contribution in [-0.4, -0.2) is 28.7 Å². The number of hydrogen-bond donors (Lipinski definition) is 3. The molecular formula is C14H19NO5. The summed E-state index contributed by atoms with van der Waals surface area (Å²) in [6, 6.07) is 6.59. The average Bonchev–Trinajstić information content (AvgIpc) is 2.45. The lowest BCUT2D eigenvalue weighted by Crippen LogP contribution is -2.10. The molecule has 6 nitrogen and oxygen atoms in total. The van der Waals surface area contributed by atoms with Crippen molar-refractivity contribution in [1.29, 1.82) is 0 Å². The number of allylic oxidation sites excluding steroid dienone is 1. The second-order valence-electron chi connectivity index (χ2n) is 3.82. The number of benzene rings is 1. The van der Waals surface area contributed by atoms with E-state index in [0.717, 1.165) is 5.56 Å². The van der Waals surface area contributed by atoms with Crippen LogP contribution >= 0.6 is 0 Å². The van der Waals surface area contributed by atoms with Crippen LogP contribution in [-0.2, 0) is 16.2 Å². The summed E-state index contributed by atoms with van der Waals surface area (Å²) in [7, 11) is 0. The first-order chi connectivity index (χ1) is 9.40. The van der Waals surface area contributed by atoms with E-state index < -0.39 is 5.97 Å². The fourth-order valence-corrected chi connectivity index (χ4v) is 0.978. The number of aliphatic carboxylic acids is 1. The van der Waals surface area contributed by atoms with Crippen molar-refractivity contribution in [2.45, 2.75) is 20.5 Å². The molecule has 6 heteroatoms. The van der Waals surface area contributed by atoms with E-state index in [1.54, 1.807) is 44.2 Å². The van der Waals surface area contributed by atoms with E-state index in [1.807, 2.05) is 0 Å². The molecule has 0 aromatic heterocycles. The third-order valence-electron chi connectivity index (χ3n) is 2.29. The van der Waals surface area contributed by atoms with Crippen molar-refractivity contribution in [3.63, 3.8) is 0 Å². The van der Waals surface area contributed by atoms with E-state index in [1.165, 1.54) is 0 Å². The van der Waals surface area contributed by atoms with E-state index in [2.05, 4.69) is 0 Å². The molecule has 0 fully saturated rings. The Balaban J connectivity index is 0.000000441. The van der Waals surface area contributed by atoms with Gasteiger partial charge in [0.1, 0.15) is 5.75 Å². The number of carboxylic acid groups (broad SMARTS) is 1. The fraction of sp³-hybridized carbons (Fsp3) is 0.286. The van der Waals surface area contributed by atoms with Gasteiger partial charge in [-0.2, -0.15) is 0 Å². The summed E-state index contributed by atoms with van der Waals surface area (Å²) >= 11 is 0. The summed E-state index contributed by atoms with van der Waals surface area (Å²) in [5, 5.41) is 17.0. The third kappa shape index (κ3) is 7.88. The molecule has 20 heavy (non-hydrogen) atoms. The standard InChI is InChI=1S/C9H10O4.C5H9NO/c10-5-7-1-3-8(4-2-7)13-6-9(11)12;1-3-4(2)5(6)7/h1-4,10H,5-6H2,(H,11,12);3H,1-2H3,(H2,6,7). The molecule has 1 aromatic carbocycles. The van der Waals surface area contributed by atoms with Crippen LogP contribution in [0.25, 0.3) is 0 Å². The van der Waals surface area contributed by atoms with Crippen LogP contribution in [0.5, 0.6) is 5.75 Å². The quantitative estimate of drug-likeness (QED) is 0.699. The van der Waals surface area contributed by atoms with Crippen LogP contribution in [0.4, 0.5) is 0 Å². The molecule has 0 aliphatic carbocycles. The van der Waals surface area contributed by atoms with E-state index >= 15 is 0 Å². The lowest BCUT2D eigenvalue weighted by atomic mass is 10.2. The normalized spacial score (nSPS) is 10.2. The first-order valence-electron chi connectivity index (χ1n) is 5.87. The lowest BCUT2D eigenvalue weighted by Gasteiger charge is -2.02. The summed E-state index contributed by atoms with van der Waals surface area (Å²) in [5.74, 6) is -0.867. The topological polar surface area (TPSA) is 110 Å². The van der Waals surface area contributed by atoms with Crippen molar-refractivity contribution in [2.24, 2.45) is 5.73 Å². The molecular weight excluding hydrogens is 262 g/mol. The number of ether oxygens (including phenoxy) is 1. The SMILES string of the molecule is CC=C(C)C(N)=O.O=C(O)COc1ccc(CO)cc1. The highest BCUT2D eigenvalue weighted by Crippen LogP contribution is 2.11. The highest BCUT2D eigenvalue weighted by molar-refractivity contribution is 5.91. The predicted octanol–water partition coefficient (Wildman–Crippen LogP) is 1.08. The molecule has 0 aliphatic rings. The van der Waals surface area contributed by atoms with Gasteiger partial charge in [-0.25, -0.2) is 4.79 Å². The Morgan fingerprint density at radius 2 is 1.85 bits per heavy atom. The Morgan fingerprint density at radius 3 is 2.15 bits per heavy atom. The van der Waals surface area contributed by atoms with Crippen LogP contribution in [0.1, 0.15) is 19.4 Å². The monoisotopic (exact) mass is 281 g/mol. The van der Waals surface area contributed by atoms with Crippen molar-refractivity contribution in [3.05, 3.63) is 41.5 Å². The molecule has 1 rings (SSSR count). The first-order valence-corrected chi connectivity index (χ1v) is 5.87. The molecule has 0 unspecified atom stereocenters. The van der Waals surface area contributed by atoms with Crippen LogP contribution in [0.2, 0.25) is 0 Å². The van der Waals surface area contributed by atoms with E-state index in [9.17, 15) is 9.59 Å². The Morgan fingerprint density at radius 1 is 1.30 bits per heavy atom. The zero-order chi connectivity index (χ0) is 15.5. The number of carboxylic acids is 1. The molecule has 0 atom stereocenters. The Labute approximate surface area is 117 Å². The van der Waals surface area contributed by atoms with Crippen LogP contribution < -0.4 is 10.5 Å². The summed E-state index contributed by atoms with van der Waals surface area (Å²) in [4.78, 5) is 20.2. The van der Waals surface area contributed by atoms with Gasteiger partial charge in [-0.15, -0.1) is 0 Å². The molecule has 1 aromatic rings. The number of hydrogen-bond acceptors (Lipinski definition) is 4. The van der Waals surface area contributed by atoms with Crippen molar-refractivity contribution in [3.8, 4) is 5.75 Å². The number of nitrogens with two attached hydrogens (primary N) is 1. The molecule has 4 N–H and O–H groups in total. The van der Waals surface area contributed by atoms with Crippen molar-refractivity contribution >= 4 is 11.9 Å². The average molecular weight is 281 g/mol. The zero-order valence-corrected chi connectivity index (χ0v) is 11.5. The molecule has 0 bridgehead atoms. The second kappa shape index (κ2) is 9.57. The van der Waals surface area contributed by atoms with Crippen LogP contribution in [0.15, 0.2) is 35.9 Å². The summed E-state index contributed by atoms with van der Waals surface area (Å²) in [5.41, 5.74) is 6.22. The van der Waals surface area contributed by atoms with Crippen molar-refractivity contribution < 1.29 is 24.5 Å². The number of carbonyl (C=O) groups is 2. The molecule has 0 saturated heterocycles. The van der Waals surface area contributed by atoms with Crippen LogP contribution in [0, 0.1) is 0 Å². The zero-order valence-electron chi connectivity index (χ0n) is 11.5. The van der Waals surface area contributed by atoms with Gasteiger partial charge in [0.05, 0.1) is 6.61 Å². The Bertz CT molecular complexity index is 465. The van der Waals surface area contributed by atoms with E-state index in [4.69, 9.17) is 20.7 Å². The lowest BCUT2D eigenvalue weighted by molar-refractivity contribution is -0.139. The highest BCUT2D eigenvalue weighted by Gasteiger charge is 1.98. The molecule has 1 amide bonds. The van der Waals surface area contributed by atoms with Crippen molar-refractivity contribution in [2.75, 3.05) is 6.61 Å². The van der Waals surface area contributed by atoms with Gasteiger partial charge in [-0.05, 0) is 31.5 Å². The van der Waals surface area contributed by atoms with E-state index in [-0.39, 0.29) is 19.1 Å². The largest absolute Gasteiger partial charge is 0.482 e. The highest BCUT2D eigenvalue weighted by atomic mass is 16.5. The smallest absolute Gasteiger partial charge is 0.341 e. The van der Waals surface area contributed by atoms with Gasteiger partial charge in [0.15, 0.2) is 6.61 Å². The molecule has 0 radical (unpaired) electrons. The molecule has 0 spiro atoms. The number of amides is 1. The maximum absolute atomic E-state index is 10.1. The molecule has 0 heterocycles. The number of carbonyl (C=O) groups excluding carboxylic acids is 1. The Kier molecular flexibility index (Phi) is 8.45. The molecule has 110 valence electrons. The predicted molar refractivity (Wildman–Crippen MR) is 74.1 cm³/mol. The van der Waals surface area contributed by atoms with Crippen LogP contribution in [0.3, 0.4) is 0 Å². The maximum Gasteiger partial charge on any atom is 0.341 e. The van der Waals surface area contributed by atoms with Gasteiger partial charge in [0.2, 0.25) is 5.91 Å². The summed E-state index contributed by atoms with van der Waals surface area (Å²) in [6.45, 7) is 3.08. The van der Waals surface area contributed by atoms with Gasteiger partial charge in [-0.1, -0.05) is 18.2 Å². The number of primary amides is 1. The summed E-state index contributed by atoms with van der Waals surface area (Å²) in [6.07, 6.45) is 1.68.